The molecule has 0 atom stereocenters. The van der Waals surface area contributed by atoms with Gasteiger partial charge in [0, 0.05) is 11.3 Å². The lowest BCUT2D eigenvalue weighted by Crippen LogP contribution is -2.20. The lowest BCUT2D eigenvalue weighted by molar-refractivity contribution is 0.490. The molecule has 90 valence electrons. The maximum absolute atomic E-state index is 11.3. The van der Waals surface area contributed by atoms with E-state index >= 15 is 0 Å². The average molecular weight is 285 g/mol. The molecule has 0 unspecified atom stereocenters. The standard InChI is InChI=1S/C8H9ClO5S2/c1-15(10,11)6-16(12,13)14-8-4-2-7(9)3-5-8/h2-5H,6H2,1H3. The highest BCUT2D eigenvalue weighted by atomic mass is 35.5. The van der Waals surface area contributed by atoms with E-state index in [1.165, 1.54) is 24.3 Å². The second-order valence-corrected chi connectivity index (χ2v) is 7.65. The van der Waals surface area contributed by atoms with Gasteiger partial charge in [-0.15, -0.1) is 0 Å². The van der Waals surface area contributed by atoms with Crippen molar-refractivity contribution in [1.29, 1.82) is 0 Å². The second kappa shape index (κ2) is 4.60. The molecule has 0 heterocycles. The fourth-order valence-electron chi connectivity index (χ4n) is 0.923. The van der Waals surface area contributed by atoms with Crippen molar-refractivity contribution in [3.8, 4) is 5.75 Å². The number of hydrogen-bond donors (Lipinski definition) is 0. The molecule has 0 aliphatic rings. The van der Waals surface area contributed by atoms with Crippen LogP contribution in [0.15, 0.2) is 24.3 Å². The number of halogens is 1. The first-order valence-electron chi connectivity index (χ1n) is 4.03. The molecule has 0 saturated carbocycles. The molecule has 0 aromatic heterocycles. The molecule has 0 N–H and O–H groups in total. The summed E-state index contributed by atoms with van der Waals surface area (Å²) in [6, 6.07) is 5.55. The van der Waals surface area contributed by atoms with E-state index < -0.39 is 25.0 Å². The van der Waals surface area contributed by atoms with Crippen LogP contribution >= 0.6 is 11.6 Å². The smallest absolute Gasteiger partial charge is 0.323 e. The summed E-state index contributed by atoms with van der Waals surface area (Å²) in [6.07, 6.45) is 0.815. The molecule has 0 fully saturated rings. The summed E-state index contributed by atoms with van der Waals surface area (Å²) < 4.78 is 48.7. The Hall–Kier alpha value is -0.790. The summed E-state index contributed by atoms with van der Waals surface area (Å²) in [5, 5.41) is -0.629. The Morgan fingerprint density at radius 1 is 1.12 bits per heavy atom. The van der Waals surface area contributed by atoms with E-state index in [9.17, 15) is 16.8 Å². The van der Waals surface area contributed by atoms with Crippen molar-refractivity contribution in [2.24, 2.45) is 0 Å². The van der Waals surface area contributed by atoms with Gasteiger partial charge >= 0.3 is 10.1 Å². The minimum absolute atomic E-state index is 0.0213. The van der Waals surface area contributed by atoms with Crippen molar-refractivity contribution in [2.75, 3.05) is 11.3 Å². The first kappa shape index (κ1) is 13.3. The van der Waals surface area contributed by atoms with Crippen molar-refractivity contribution in [3.63, 3.8) is 0 Å². The molecule has 0 aliphatic heterocycles. The number of hydrogen-bond acceptors (Lipinski definition) is 5. The van der Waals surface area contributed by atoms with Crippen LogP contribution in [0.4, 0.5) is 0 Å². The van der Waals surface area contributed by atoms with Gasteiger partial charge in [0.25, 0.3) is 0 Å². The van der Waals surface area contributed by atoms with Crippen LogP contribution in [0.3, 0.4) is 0 Å². The summed E-state index contributed by atoms with van der Waals surface area (Å²) in [7, 11) is -7.79. The van der Waals surface area contributed by atoms with E-state index in [1.54, 1.807) is 0 Å². The van der Waals surface area contributed by atoms with Gasteiger partial charge in [-0.05, 0) is 24.3 Å². The predicted octanol–water partition coefficient (Wildman–Crippen LogP) is 1.05. The zero-order valence-corrected chi connectivity index (χ0v) is 10.6. The van der Waals surface area contributed by atoms with Crippen LogP contribution in [0.25, 0.3) is 0 Å². The monoisotopic (exact) mass is 284 g/mol. The van der Waals surface area contributed by atoms with Crippen LogP contribution in [0, 0.1) is 0 Å². The van der Waals surface area contributed by atoms with Gasteiger partial charge in [-0.3, -0.25) is 0 Å². The van der Waals surface area contributed by atoms with E-state index in [0.29, 0.717) is 5.02 Å². The van der Waals surface area contributed by atoms with Crippen LogP contribution in [0.1, 0.15) is 0 Å². The fraction of sp³-hybridized carbons (Fsp3) is 0.250. The van der Waals surface area contributed by atoms with Gasteiger partial charge in [-0.2, -0.15) is 8.42 Å². The summed E-state index contributed by atoms with van der Waals surface area (Å²) >= 11 is 5.59. The molecule has 0 aliphatic carbocycles. The molecule has 5 nitrogen and oxygen atoms in total. The SMILES string of the molecule is CS(=O)(=O)CS(=O)(=O)Oc1ccc(Cl)cc1. The van der Waals surface area contributed by atoms with Crippen LogP contribution in [-0.2, 0) is 20.0 Å². The predicted molar refractivity (Wildman–Crippen MR) is 60.7 cm³/mol. The molecule has 0 saturated heterocycles. The average Bonchev–Trinajstić information content (AvgIpc) is 2.04. The van der Waals surface area contributed by atoms with Gasteiger partial charge in [-0.25, -0.2) is 8.42 Å². The molecule has 0 amide bonds. The van der Waals surface area contributed by atoms with Gasteiger partial charge < -0.3 is 4.18 Å². The zero-order chi connectivity index (χ0) is 12.4. The van der Waals surface area contributed by atoms with Gasteiger partial charge in [0.2, 0.25) is 0 Å². The lowest BCUT2D eigenvalue weighted by Gasteiger charge is -2.05. The Morgan fingerprint density at radius 2 is 1.62 bits per heavy atom. The maximum atomic E-state index is 11.3. The highest BCUT2D eigenvalue weighted by Crippen LogP contribution is 2.17. The lowest BCUT2D eigenvalue weighted by atomic mass is 10.3. The summed E-state index contributed by atoms with van der Waals surface area (Å²) in [5.74, 6) is 0.0213. The molecule has 0 spiro atoms. The molecule has 0 bridgehead atoms. The van der Waals surface area contributed by atoms with Gasteiger partial charge in [0.15, 0.2) is 14.9 Å². The Labute approximate surface area is 99.0 Å². The topological polar surface area (TPSA) is 77.5 Å². The normalized spacial score (nSPS) is 12.4. The van der Waals surface area contributed by atoms with Crippen LogP contribution in [0.2, 0.25) is 5.02 Å². The molecule has 1 aromatic rings. The van der Waals surface area contributed by atoms with Crippen LogP contribution in [-0.4, -0.2) is 28.2 Å². The number of benzene rings is 1. The molecular formula is C8H9ClO5S2. The van der Waals surface area contributed by atoms with Crippen molar-refractivity contribution in [2.45, 2.75) is 0 Å². The summed E-state index contributed by atoms with van der Waals surface area (Å²) in [4.78, 5) is 0. The third kappa shape index (κ3) is 4.82. The largest absolute Gasteiger partial charge is 0.382 e. The van der Waals surface area contributed by atoms with Gasteiger partial charge in [0.05, 0.1) is 0 Å². The first-order chi connectivity index (χ1) is 7.18. The van der Waals surface area contributed by atoms with Gasteiger partial charge in [0.1, 0.15) is 5.75 Å². The van der Waals surface area contributed by atoms with Crippen molar-refractivity contribution < 1.29 is 21.0 Å². The Morgan fingerprint density at radius 3 is 2.06 bits per heavy atom. The summed E-state index contributed by atoms with van der Waals surface area (Å²) in [5.41, 5.74) is 0. The van der Waals surface area contributed by atoms with Crippen molar-refractivity contribution in [3.05, 3.63) is 29.3 Å². The minimum Gasteiger partial charge on any atom is -0.382 e. The van der Waals surface area contributed by atoms with E-state index in [2.05, 4.69) is 4.18 Å². The fourth-order valence-corrected chi connectivity index (χ4v) is 3.74. The number of rotatable bonds is 4. The molecule has 16 heavy (non-hydrogen) atoms. The number of sulfone groups is 1. The van der Waals surface area contributed by atoms with E-state index in [-0.39, 0.29) is 5.75 Å². The van der Waals surface area contributed by atoms with Crippen molar-refractivity contribution >= 4 is 31.6 Å². The van der Waals surface area contributed by atoms with Crippen LogP contribution < -0.4 is 4.18 Å². The highest BCUT2D eigenvalue weighted by molar-refractivity contribution is 8.05. The van der Waals surface area contributed by atoms with E-state index in [1.807, 2.05) is 0 Å². The van der Waals surface area contributed by atoms with E-state index in [4.69, 9.17) is 11.6 Å². The zero-order valence-electron chi connectivity index (χ0n) is 8.25. The van der Waals surface area contributed by atoms with Crippen molar-refractivity contribution in [1.82, 2.24) is 0 Å². The Kier molecular flexibility index (Phi) is 3.82. The Balaban J connectivity index is 2.85. The minimum atomic E-state index is -4.14. The molecule has 8 heteroatoms. The van der Waals surface area contributed by atoms with Crippen LogP contribution in [0.5, 0.6) is 5.75 Å². The maximum Gasteiger partial charge on any atom is 0.323 e. The van der Waals surface area contributed by atoms with Gasteiger partial charge in [-0.1, -0.05) is 11.6 Å². The second-order valence-electron chi connectivity index (χ2n) is 3.14. The third-order valence-corrected chi connectivity index (χ3v) is 4.96. The Bertz CT molecular complexity index is 559. The molecule has 0 radical (unpaired) electrons. The molecule has 1 rings (SSSR count). The van der Waals surface area contributed by atoms with E-state index in [0.717, 1.165) is 6.26 Å². The quantitative estimate of drug-likeness (QED) is 0.772. The summed E-state index contributed by atoms with van der Waals surface area (Å²) in [6.45, 7) is 0. The third-order valence-electron chi connectivity index (χ3n) is 1.40. The first-order valence-corrected chi connectivity index (χ1v) is 8.05. The molecular weight excluding hydrogens is 276 g/mol. The highest BCUT2D eigenvalue weighted by Gasteiger charge is 2.20. The molecule has 1 aromatic carbocycles.